The van der Waals surface area contributed by atoms with E-state index in [9.17, 15) is 9.90 Å². The molecule has 5 rings (SSSR count). The summed E-state index contributed by atoms with van der Waals surface area (Å²) < 4.78 is 19.4. The van der Waals surface area contributed by atoms with Gasteiger partial charge in [0, 0.05) is 49.6 Å². The van der Waals surface area contributed by atoms with Gasteiger partial charge in [0.2, 0.25) is 0 Å². The van der Waals surface area contributed by atoms with E-state index in [1.54, 1.807) is 0 Å². The number of benzene rings is 1. The van der Waals surface area contributed by atoms with Crippen molar-refractivity contribution in [2.45, 2.75) is 72.1 Å². The van der Waals surface area contributed by atoms with Crippen molar-refractivity contribution in [3.63, 3.8) is 0 Å². The monoisotopic (exact) mass is 647 g/mol. The summed E-state index contributed by atoms with van der Waals surface area (Å²) in [6.45, 7) is 14.5. The quantitative estimate of drug-likeness (QED) is 0.165. The first-order valence-electron chi connectivity index (χ1n) is 17.4. The van der Waals surface area contributed by atoms with Crippen LogP contribution in [0.5, 0.6) is 5.75 Å². The molecule has 256 valence electrons. The van der Waals surface area contributed by atoms with Gasteiger partial charge in [-0.2, -0.15) is 5.10 Å². The van der Waals surface area contributed by atoms with Crippen LogP contribution in [0.15, 0.2) is 36.4 Å². The van der Waals surface area contributed by atoms with Crippen molar-refractivity contribution < 1.29 is 24.1 Å². The number of anilines is 1. The molecule has 2 aliphatic rings. The second-order valence-corrected chi connectivity index (χ2v) is 13.6. The van der Waals surface area contributed by atoms with Crippen LogP contribution in [0.1, 0.15) is 73.7 Å². The van der Waals surface area contributed by atoms with Crippen LogP contribution in [0.4, 0.5) is 5.82 Å². The third-order valence-corrected chi connectivity index (χ3v) is 8.99. The molecular weight excluding hydrogens is 594 g/mol. The molecule has 3 aromatic rings. The first kappa shape index (κ1) is 34.9. The molecule has 2 aliphatic heterocycles. The number of carboxylic acid groups (broad SMARTS) is 1. The number of fused-ring (bicyclic) bond motifs is 1. The number of aromatic nitrogens is 3. The molecule has 0 spiro atoms. The Bertz CT molecular complexity index is 1460. The van der Waals surface area contributed by atoms with E-state index in [2.05, 4.69) is 42.3 Å². The summed E-state index contributed by atoms with van der Waals surface area (Å²) in [4.78, 5) is 19.5. The predicted molar refractivity (Wildman–Crippen MR) is 184 cm³/mol. The molecule has 0 bridgehead atoms. The van der Waals surface area contributed by atoms with E-state index in [1.807, 2.05) is 36.7 Å². The molecule has 10 nitrogen and oxygen atoms in total. The zero-order valence-corrected chi connectivity index (χ0v) is 28.7. The van der Waals surface area contributed by atoms with Crippen molar-refractivity contribution in [1.82, 2.24) is 19.7 Å². The fourth-order valence-corrected chi connectivity index (χ4v) is 6.68. The number of likely N-dealkylation sites (tertiary alicyclic amines) is 1. The molecule has 0 radical (unpaired) electrons. The fraction of sp³-hybridized carbons (Fsp3) is 0.595. The maximum Gasteiger partial charge on any atom is 0.304 e. The minimum absolute atomic E-state index is 0.0483. The fourth-order valence-electron chi connectivity index (χ4n) is 6.68. The first-order chi connectivity index (χ1) is 22.7. The predicted octanol–water partition coefficient (Wildman–Crippen LogP) is 5.82. The highest BCUT2D eigenvalue weighted by molar-refractivity contribution is 5.68. The average Bonchev–Trinajstić information content (AvgIpc) is 3.64. The number of carbonyl (C=O) groups is 1. The second kappa shape index (κ2) is 17.1. The molecule has 1 aromatic carbocycles. The topological polar surface area (TPSA) is 111 Å². The Morgan fingerprint density at radius 1 is 1.09 bits per heavy atom. The van der Waals surface area contributed by atoms with Gasteiger partial charge in [0.1, 0.15) is 18.2 Å². The lowest BCUT2D eigenvalue weighted by Crippen LogP contribution is -2.28. The van der Waals surface area contributed by atoms with Gasteiger partial charge in [-0.1, -0.05) is 19.9 Å². The molecule has 4 heterocycles. The largest absolute Gasteiger partial charge is 0.491 e. The summed E-state index contributed by atoms with van der Waals surface area (Å²) in [6, 6.07) is 12.5. The third-order valence-electron chi connectivity index (χ3n) is 8.99. The van der Waals surface area contributed by atoms with Crippen LogP contribution in [0.25, 0.3) is 5.69 Å². The van der Waals surface area contributed by atoms with Gasteiger partial charge in [-0.15, -0.1) is 0 Å². The smallest absolute Gasteiger partial charge is 0.304 e. The highest BCUT2D eigenvalue weighted by Gasteiger charge is 2.27. The van der Waals surface area contributed by atoms with E-state index < -0.39 is 5.97 Å². The lowest BCUT2D eigenvalue weighted by Gasteiger charge is -2.24. The van der Waals surface area contributed by atoms with Gasteiger partial charge < -0.3 is 29.5 Å². The molecule has 47 heavy (non-hydrogen) atoms. The molecule has 0 saturated carbocycles. The molecule has 2 atom stereocenters. The van der Waals surface area contributed by atoms with E-state index >= 15 is 0 Å². The van der Waals surface area contributed by atoms with Crippen LogP contribution < -0.4 is 10.1 Å². The highest BCUT2D eigenvalue weighted by Crippen LogP contribution is 2.31. The Labute approximate surface area is 279 Å². The summed E-state index contributed by atoms with van der Waals surface area (Å²) in [5, 5.41) is 18.1. The average molecular weight is 648 g/mol. The molecule has 2 N–H and O–H groups in total. The third kappa shape index (κ3) is 10.5. The van der Waals surface area contributed by atoms with Crippen molar-refractivity contribution in [2.24, 2.45) is 11.8 Å². The number of nitrogens with zero attached hydrogens (tertiary/aromatic N) is 4. The normalized spacial score (nSPS) is 17.1. The molecule has 0 aliphatic carbocycles. The Balaban J connectivity index is 1.22. The zero-order chi connectivity index (χ0) is 33.2. The van der Waals surface area contributed by atoms with E-state index in [1.165, 1.54) is 12.0 Å². The van der Waals surface area contributed by atoms with Crippen LogP contribution in [-0.2, 0) is 27.1 Å². The Hall–Kier alpha value is -3.47. The van der Waals surface area contributed by atoms with Crippen molar-refractivity contribution >= 4 is 11.8 Å². The van der Waals surface area contributed by atoms with E-state index in [0.29, 0.717) is 50.6 Å². The number of rotatable bonds is 18. The van der Waals surface area contributed by atoms with Gasteiger partial charge in [0.05, 0.1) is 37.6 Å². The molecule has 1 fully saturated rings. The summed E-state index contributed by atoms with van der Waals surface area (Å²) in [5.41, 5.74) is 6.23. The summed E-state index contributed by atoms with van der Waals surface area (Å²) in [6.07, 6.45) is 5.49. The van der Waals surface area contributed by atoms with Crippen molar-refractivity contribution in [3.05, 3.63) is 64.6 Å². The van der Waals surface area contributed by atoms with E-state index in [4.69, 9.17) is 24.3 Å². The number of ether oxygens (including phenoxy) is 3. The minimum Gasteiger partial charge on any atom is -0.491 e. The summed E-state index contributed by atoms with van der Waals surface area (Å²) >= 11 is 0. The molecule has 2 aromatic heterocycles. The Morgan fingerprint density at radius 3 is 2.70 bits per heavy atom. The SMILES string of the molecule is Cc1cc(C)n(-c2cc(OCCOCCOCC(C)C)cc(C(CC(=O)O)CN3CCC(CCc4ccc5c(n4)NCCC5)C3)c2)n1. The van der Waals surface area contributed by atoms with Crippen LogP contribution in [0.3, 0.4) is 0 Å². The van der Waals surface area contributed by atoms with Crippen LogP contribution in [0, 0.1) is 25.7 Å². The number of hydrogen-bond acceptors (Lipinski definition) is 8. The Kier molecular flexibility index (Phi) is 12.7. The van der Waals surface area contributed by atoms with E-state index in [-0.39, 0.29) is 12.3 Å². The Morgan fingerprint density at radius 2 is 1.91 bits per heavy atom. The number of nitrogens with one attached hydrogen (secondary N) is 1. The van der Waals surface area contributed by atoms with Gasteiger partial charge >= 0.3 is 5.97 Å². The molecular formula is C37H53N5O5. The number of aliphatic carboxylic acids is 1. The van der Waals surface area contributed by atoms with Crippen LogP contribution in [0.2, 0.25) is 0 Å². The van der Waals surface area contributed by atoms with Gasteiger partial charge in [0.25, 0.3) is 0 Å². The second-order valence-electron chi connectivity index (χ2n) is 13.6. The molecule has 1 saturated heterocycles. The van der Waals surface area contributed by atoms with Crippen molar-refractivity contribution in [1.29, 1.82) is 0 Å². The summed E-state index contributed by atoms with van der Waals surface area (Å²) in [5.74, 6) is 1.83. The minimum atomic E-state index is -0.801. The van der Waals surface area contributed by atoms with Crippen LogP contribution in [-0.4, -0.2) is 90.0 Å². The van der Waals surface area contributed by atoms with Crippen LogP contribution >= 0.6 is 0 Å². The summed E-state index contributed by atoms with van der Waals surface area (Å²) in [7, 11) is 0. The number of carboxylic acids is 1. The van der Waals surface area contributed by atoms with Gasteiger partial charge in [-0.3, -0.25) is 4.79 Å². The van der Waals surface area contributed by atoms with Gasteiger partial charge in [-0.25, -0.2) is 9.67 Å². The highest BCUT2D eigenvalue weighted by atomic mass is 16.5. The maximum absolute atomic E-state index is 12.1. The lowest BCUT2D eigenvalue weighted by molar-refractivity contribution is -0.137. The zero-order valence-electron chi connectivity index (χ0n) is 28.7. The van der Waals surface area contributed by atoms with Gasteiger partial charge in [-0.05, 0) is 99.7 Å². The number of aryl methyl sites for hydroxylation is 4. The standard InChI is InChI=1S/C37H53N5O5/c1-26(2)25-46-15-14-45-16-17-47-35-20-31(19-34(22-35)42-28(4)18-27(3)40-42)32(21-36(43)44)24-41-13-11-29(23-41)7-9-33-10-8-30-6-5-12-38-37(30)39-33/h8,10,18-20,22,26,29,32H,5-7,9,11-17,21,23-25H2,1-4H3,(H,38,39)(H,43,44). The lowest BCUT2D eigenvalue weighted by atomic mass is 9.94. The number of pyridine rings is 1. The van der Waals surface area contributed by atoms with Crippen molar-refractivity contribution in [2.75, 3.05) is 64.5 Å². The molecule has 10 heteroatoms. The van der Waals surface area contributed by atoms with Gasteiger partial charge in [0.15, 0.2) is 0 Å². The maximum atomic E-state index is 12.1. The first-order valence-corrected chi connectivity index (χ1v) is 17.4. The molecule has 0 amide bonds. The van der Waals surface area contributed by atoms with E-state index in [0.717, 1.165) is 86.1 Å². The van der Waals surface area contributed by atoms with Crippen molar-refractivity contribution in [3.8, 4) is 11.4 Å². The number of hydrogen-bond donors (Lipinski definition) is 2. The molecule has 2 unspecified atom stereocenters.